The molecule has 1 saturated heterocycles. The van der Waals surface area contributed by atoms with Gasteiger partial charge in [0.15, 0.2) is 9.84 Å². The number of nitrogens with two attached hydrogens (primary N) is 1. The monoisotopic (exact) mass is 237 g/mol. The highest BCUT2D eigenvalue weighted by molar-refractivity contribution is 8.16. The van der Waals surface area contributed by atoms with Crippen molar-refractivity contribution in [1.29, 1.82) is 0 Å². The largest absolute Gasteiger partial charge is 0.368 e. The number of carbonyl (C=O) groups excluding carboxylic acids is 2. The molecule has 0 bridgehead atoms. The van der Waals surface area contributed by atoms with E-state index in [2.05, 4.69) is 0 Å². The van der Waals surface area contributed by atoms with E-state index in [9.17, 15) is 18.0 Å². The quantitative estimate of drug-likeness (QED) is 0.641. The molecule has 0 aliphatic carbocycles. The van der Waals surface area contributed by atoms with Gasteiger partial charge in [0.25, 0.3) is 0 Å². The Morgan fingerprint density at radius 2 is 2.14 bits per heavy atom. The molecule has 0 aromatic heterocycles. The molecule has 5 nitrogen and oxygen atoms in total. The molecule has 1 aliphatic rings. The molecule has 80 valence electrons. The Hall–Kier alpha value is -0.560. The maximum atomic E-state index is 11.5. The van der Waals surface area contributed by atoms with Crippen molar-refractivity contribution in [3.8, 4) is 0 Å². The molecule has 0 saturated carbocycles. The van der Waals surface area contributed by atoms with Crippen LogP contribution in [-0.4, -0.2) is 35.7 Å². The van der Waals surface area contributed by atoms with Crippen LogP contribution >= 0.6 is 11.8 Å². The minimum Gasteiger partial charge on any atom is -0.368 e. The smallest absolute Gasteiger partial charge is 0.247 e. The zero-order valence-electron chi connectivity index (χ0n) is 7.81. The van der Waals surface area contributed by atoms with Gasteiger partial charge in [-0.1, -0.05) is 18.7 Å². The highest BCUT2D eigenvalue weighted by Crippen LogP contribution is 2.40. The third-order valence-electron chi connectivity index (χ3n) is 2.24. The molecule has 2 atom stereocenters. The van der Waals surface area contributed by atoms with E-state index in [1.165, 1.54) is 0 Å². The van der Waals surface area contributed by atoms with Crippen molar-refractivity contribution < 1.29 is 18.0 Å². The van der Waals surface area contributed by atoms with Crippen molar-refractivity contribution in [3.05, 3.63) is 0 Å². The zero-order chi connectivity index (χ0) is 11.1. The summed E-state index contributed by atoms with van der Waals surface area (Å²) in [6.45, 7) is 1.69. The molecule has 0 aromatic carbocycles. The number of amides is 1. The van der Waals surface area contributed by atoms with Crippen LogP contribution in [0.4, 0.5) is 0 Å². The lowest BCUT2D eigenvalue weighted by atomic mass is 10.0. The van der Waals surface area contributed by atoms with Crippen LogP contribution in [0.3, 0.4) is 0 Å². The highest BCUT2D eigenvalue weighted by atomic mass is 32.2. The fraction of sp³-hybridized carbons (Fsp3) is 0.714. The zero-order valence-corrected chi connectivity index (χ0v) is 9.44. The Balaban J connectivity index is 3.34. The summed E-state index contributed by atoms with van der Waals surface area (Å²) in [6, 6.07) is 0. The van der Waals surface area contributed by atoms with Crippen LogP contribution in [0.15, 0.2) is 0 Å². The fourth-order valence-corrected chi connectivity index (χ4v) is 4.49. The molecule has 0 aromatic rings. The summed E-state index contributed by atoms with van der Waals surface area (Å²) in [5, 5.41) is -0.843. The Bertz CT molecular complexity index is 388. The summed E-state index contributed by atoms with van der Waals surface area (Å²) in [5.74, 6) is -1.07. The van der Waals surface area contributed by atoms with Crippen LogP contribution in [-0.2, 0) is 19.4 Å². The van der Waals surface area contributed by atoms with E-state index in [4.69, 9.17) is 5.73 Å². The molecule has 0 radical (unpaired) electrons. The number of primary amides is 1. The normalized spacial score (nSPS) is 33.3. The standard InChI is InChI=1S/C7H11NO4S2/c1-4-3-7(5(8)9,6(10)13-4)14(2,11)12/h4H,3H2,1-2H3,(H2,8,9). The SMILES string of the molecule is CC1CC(C(N)=O)(S(C)(=O)=O)C(=O)S1. The molecule has 2 unspecified atom stereocenters. The van der Waals surface area contributed by atoms with Crippen molar-refractivity contribution in [3.63, 3.8) is 0 Å². The van der Waals surface area contributed by atoms with Crippen LogP contribution < -0.4 is 5.73 Å². The minimum absolute atomic E-state index is 0.0231. The maximum absolute atomic E-state index is 11.5. The van der Waals surface area contributed by atoms with Crippen molar-refractivity contribution in [1.82, 2.24) is 0 Å². The van der Waals surface area contributed by atoms with Gasteiger partial charge in [0.05, 0.1) is 0 Å². The number of rotatable bonds is 2. The van der Waals surface area contributed by atoms with Crippen LogP contribution in [0, 0.1) is 0 Å². The predicted molar refractivity (Wildman–Crippen MR) is 53.4 cm³/mol. The molecular weight excluding hydrogens is 226 g/mol. The summed E-state index contributed by atoms with van der Waals surface area (Å²) in [5.41, 5.74) is 5.02. The molecule has 1 amide bonds. The Labute approximate surface area is 86.3 Å². The van der Waals surface area contributed by atoms with Gasteiger partial charge in [-0.05, 0) is 6.42 Å². The van der Waals surface area contributed by atoms with Gasteiger partial charge in [-0.25, -0.2) is 8.42 Å². The molecule has 1 heterocycles. The lowest BCUT2D eigenvalue weighted by Gasteiger charge is -2.20. The first-order chi connectivity index (χ1) is 6.22. The summed E-state index contributed by atoms with van der Waals surface area (Å²) >= 11 is 0.864. The van der Waals surface area contributed by atoms with Crippen LogP contribution in [0.5, 0.6) is 0 Å². The van der Waals surface area contributed by atoms with Gasteiger partial charge in [-0.3, -0.25) is 9.59 Å². The van der Waals surface area contributed by atoms with Gasteiger partial charge >= 0.3 is 0 Å². The van der Waals surface area contributed by atoms with E-state index in [-0.39, 0.29) is 11.7 Å². The van der Waals surface area contributed by atoms with Gasteiger partial charge in [0, 0.05) is 11.5 Å². The minimum atomic E-state index is -3.79. The van der Waals surface area contributed by atoms with Gasteiger partial charge in [0.1, 0.15) is 0 Å². The molecule has 0 spiro atoms. The lowest BCUT2D eigenvalue weighted by molar-refractivity contribution is -0.125. The second-order valence-corrected chi connectivity index (χ2v) is 7.04. The summed E-state index contributed by atoms with van der Waals surface area (Å²) in [7, 11) is -3.79. The second kappa shape index (κ2) is 3.23. The maximum Gasteiger partial charge on any atom is 0.247 e. The van der Waals surface area contributed by atoms with Crippen LogP contribution in [0.2, 0.25) is 0 Å². The van der Waals surface area contributed by atoms with E-state index >= 15 is 0 Å². The van der Waals surface area contributed by atoms with Gasteiger partial charge < -0.3 is 5.73 Å². The number of carbonyl (C=O) groups is 2. The van der Waals surface area contributed by atoms with Crippen LogP contribution in [0.1, 0.15) is 13.3 Å². The number of thioether (sulfide) groups is 1. The van der Waals surface area contributed by atoms with E-state index < -0.39 is 25.6 Å². The Morgan fingerprint density at radius 3 is 2.29 bits per heavy atom. The molecule has 1 rings (SSSR count). The predicted octanol–water partition coefficient (Wildman–Crippen LogP) is -0.693. The van der Waals surface area contributed by atoms with Gasteiger partial charge in [0.2, 0.25) is 15.8 Å². The lowest BCUT2D eigenvalue weighted by Crippen LogP contribution is -2.53. The first-order valence-corrected chi connectivity index (χ1v) is 6.69. The third kappa shape index (κ3) is 1.44. The molecular formula is C7H11NO4S2. The fourth-order valence-electron chi connectivity index (χ4n) is 1.49. The average molecular weight is 237 g/mol. The molecule has 14 heavy (non-hydrogen) atoms. The first-order valence-electron chi connectivity index (χ1n) is 3.92. The number of hydrogen-bond donors (Lipinski definition) is 1. The molecule has 7 heteroatoms. The number of hydrogen-bond acceptors (Lipinski definition) is 5. The van der Waals surface area contributed by atoms with Crippen molar-refractivity contribution in [2.24, 2.45) is 5.73 Å². The Morgan fingerprint density at radius 1 is 1.64 bits per heavy atom. The molecule has 1 aliphatic heterocycles. The summed E-state index contributed by atoms with van der Waals surface area (Å²) < 4.78 is 20.8. The topological polar surface area (TPSA) is 94.3 Å². The van der Waals surface area contributed by atoms with Gasteiger partial charge in [-0.15, -0.1) is 0 Å². The van der Waals surface area contributed by atoms with E-state index in [1.807, 2.05) is 0 Å². The van der Waals surface area contributed by atoms with Crippen molar-refractivity contribution in [2.75, 3.05) is 6.26 Å². The second-order valence-electron chi connectivity index (χ2n) is 3.38. The van der Waals surface area contributed by atoms with Gasteiger partial charge in [-0.2, -0.15) is 0 Å². The molecule has 2 N–H and O–H groups in total. The molecule has 1 fully saturated rings. The average Bonchev–Trinajstić information content (AvgIpc) is 2.24. The van der Waals surface area contributed by atoms with E-state index in [0.717, 1.165) is 18.0 Å². The third-order valence-corrected chi connectivity index (χ3v) is 5.32. The summed E-state index contributed by atoms with van der Waals surface area (Å²) in [4.78, 5) is 22.6. The Kier molecular flexibility index (Phi) is 2.66. The van der Waals surface area contributed by atoms with E-state index in [0.29, 0.717) is 0 Å². The summed E-state index contributed by atoms with van der Waals surface area (Å²) in [6.07, 6.45) is 0.846. The van der Waals surface area contributed by atoms with E-state index in [1.54, 1.807) is 6.92 Å². The highest BCUT2D eigenvalue weighted by Gasteiger charge is 2.58. The van der Waals surface area contributed by atoms with Crippen molar-refractivity contribution in [2.45, 2.75) is 23.3 Å². The van der Waals surface area contributed by atoms with Crippen molar-refractivity contribution >= 4 is 32.6 Å². The first kappa shape index (κ1) is 11.5. The number of sulfone groups is 1. The van der Waals surface area contributed by atoms with Crippen LogP contribution in [0.25, 0.3) is 0 Å².